The van der Waals surface area contributed by atoms with E-state index in [1.54, 1.807) is 37.3 Å². The molecule has 0 aromatic heterocycles. The number of ether oxygens (including phenoxy) is 2. The molecule has 2 amide bonds. The summed E-state index contributed by atoms with van der Waals surface area (Å²) in [4.78, 5) is 28.7. The van der Waals surface area contributed by atoms with Gasteiger partial charge in [-0.05, 0) is 49.7 Å². The molecule has 2 aliphatic heterocycles. The summed E-state index contributed by atoms with van der Waals surface area (Å²) in [6.45, 7) is 4.18. The van der Waals surface area contributed by atoms with E-state index >= 15 is 0 Å². The molecule has 1 atom stereocenters. The largest absolute Gasteiger partial charge is 0.454 e. The normalized spacial score (nSPS) is 18.8. The molecule has 0 bridgehead atoms. The Balaban J connectivity index is 1.56. The van der Waals surface area contributed by atoms with E-state index < -0.39 is 11.9 Å². The first-order valence-electron chi connectivity index (χ1n) is 8.74. The predicted octanol–water partition coefficient (Wildman–Crippen LogP) is 2.74. The Kier molecular flexibility index (Phi) is 4.22. The minimum atomic E-state index is -0.698. The van der Waals surface area contributed by atoms with Gasteiger partial charge in [-0.15, -0.1) is 0 Å². The lowest BCUT2D eigenvalue weighted by molar-refractivity contribution is -0.124. The molecule has 0 spiro atoms. The topological polar surface area (TPSA) is 59.1 Å². The summed E-state index contributed by atoms with van der Waals surface area (Å²) >= 11 is 0. The van der Waals surface area contributed by atoms with Crippen LogP contribution in [-0.4, -0.2) is 42.6 Å². The van der Waals surface area contributed by atoms with E-state index in [2.05, 4.69) is 0 Å². The highest BCUT2D eigenvalue weighted by Gasteiger charge is 2.36. The molecule has 6 nitrogen and oxygen atoms in total. The molecule has 0 unspecified atom stereocenters. The Morgan fingerprint density at radius 3 is 2.70 bits per heavy atom. The van der Waals surface area contributed by atoms with Gasteiger partial charge < -0.3 is 19.3 Å². The van der Waals surface area contributed by atoms with Gasteiger partial charge in [0, 0.05) is 18.7 Å². The number of rotatable bonds is 2. The molecule has 2 aliphatic rings. The van der Waals surface area contributed by atoms with E-state index in [0.29, 0.717) is 23.6 Å². The van der Waals surface area contributed by atoms with Gasteiger partial charge in [0.2, 0.25) is 12.7 Å². The zero-order valence-corrected chi connectivity index (χ0v) is 15.1. The van der Waals surface area contributed by atoms with Crippen LogP contribution in [0.5, 0.6) is 11.5 Å². The van der Waals surface area contributed by atoms with Crippen LogP contribution in [0, 0.1) is 12.7 Å². The minimum Gasteiger partial charge on any atom is -0.454 e. The van der Waals surface area contributed by atoms with Gasteiger partial charge in [0.15, 0.2) is 11.5 Å². The number of fused-ring (bicyclic) bond motifs is 1. The van der Waals surface area contributed by atoms with Crippen molar-refractivity contribution in [3.05, 3.63) is 53.3 Å². The third kappa shape index (κ3) is 2.99. The van der Waals surface area contributed by atoms with Crippen molar-refractivity contribution < 1.29 is 23.5 Å². The Bertz CT molecular complexity index is 930. The molecule has 2 aromatic carbocycles. The molecule has 140 valence electrons. The van der Waals surface area contributed by atoms with Gasteiger partial charge >= 0.3 is 0 Å². The number of hydrogen-bond acceptors (Lipinski definition) is 4. The summed E-state index contributed by atoms with van der Waals surface area (Å²) in [5.41, 5.74) is 1.54. The number of amides is 2. The Morgan fingerprint density at radius 1 is 1.11 bits per heavy atom. The van der Waals surface area contributed by atoms with Crippen LogP contribution in [0.1, 0.15) is 22.8 Å². The monoisotopic (exact) mass is 370 g/mol. The van der Waals surface area contributed by atoms with Gasteiger partial charge in [-0.3, -0.25) is 9.59 Å². The number of carbonyl (C=O) groups is 2. The average molecular weight is 370 g/mol. The first-order valence-corrected chi connectivity index (χ1v) is 8.74. The van der Waals surface area contributed by atoms with Crippen LogP contribution in [0.15, 0.2) is 36.4 Å². The van der Waals surface area contributed by atoms with Crippen LogP contribution in [0.3, 0.4) is 0 Å². The number of benzene rings is 2. The van der Waals surface area contributed by atoms with Gasteiger partial charge in [0.1, 0.15) is 11.9 Å². The lowest BCUT2D eigenvalue weighted by Crippen LogP contribution is -2.58. The molecular weight excluding hydrogens is 351 g/mol. The summed E-state index contributed by atoms with van der Waals surface area (Å²) in [6.07, 6.45) is 0. The van der Waals surface area contributed by atoms with E-state index in [0.717, 1.165) is 5.56 Å². The average Bonchev–Trinajstić information content (AvgIpc) is 3.13. The molecule has 1 fully saturated rings. The maximum atomic E-state index is 14.2. The fourth-order valence-electron chi connectivity index (χ4n) is 3.41. The second kappa shape index (κ2) is 6.57. The first-order chi connectivity index (χ1) is 13.0. The van der Waals surface area contributed by atoms with Crippen molar-refractivity contribution >= 4 is 17.5 Å². The molecule has 2 aromatic rings. The third-order valence-corrected chi connectivity index (χ3v) is 4.93. The van der Waals surface area contributed by atoms with E-state index in [9.17, 15) is 14.0 Å². The molecule has 0 saturated carbocycles. The Hall–Kier alpha value is -3.09. The quantitative estimate of drug-likeness (QED) is 0.816. The molecule has 0 radical (unpaired) electrons. The standard InChI is InChI=1S/C20H19FN2O4/c1-12-3-5-15(21)16(9-12)23-8-7-22(13(2)19(23)24)20(25)14-4-6-17-18(10-14)27-11-26-17/h3-6,9-10,13H,7-8,11H2,1-2H3/t13-/m1/s1. The molecule has 1 saturated heterocycles. The molecular formula is C20H19FN2O4. The number of halogens is 1. The number of anilines is 1. The van der Waals surface area contributed by atoms with Crippen molar-refractivity contribution in [3.63, 3.8) is 0 Å². The Morgan fingerprint density at radius 2 is 1.89 bits per heavy atom. The zero-order valence-electron chi connectivity index (χ0n) is 15.1. The highest BCUT2D eigenvalue weighted by Crippen LogP contribution is 2.33. The van der Waals surface area contributed by atoms with Crippen molar-refractivity contribution in [3.8, 4) is 11.5 Å². The summed E-state index contributed by atoms with van der Waals surface area (Å²) in [7, 11) is 0. The Labute approximate surface area is 156 Å². The fourth-order valence-corrected chi connectivity index (χ4v) is 3.41. The van der Waals surface area contributed by atoms with Crippen LogP contribution >= 0.6 is 0 Å². The SMILES string of the molecule is Cc1ccc(F)c(N2CCN(C(=O)c3ccc4c(c3)OCO4)[C@H](C)C2=O)c1. The smallest absolute Gasteiger partial charge is 0.254 e. The van der Waals surface area contributed by atoms with Crippen LogP contribution in [-0.2, 0) is 4.79 Å². The van der Waals surface area contributed by atoms with Crippen molar-refractivity contribution in [2.75, 3.05) is 24.8 Å². The fraction of sp³-hybridized carbons (Fsp3) is 0.300. The molecule has 0 aliphatic carbocycles. The van der Waals surface area contributed by atoms with Crippen LogP contribution in [0.2, 0.25) is 0 Å². The number of piperazine rings is 1. The van der Waals surface area contributed by atoms with Crippen molar-refractivity contribution in [2.45, 2.75) is 19.9 Å². The molecule has 27 heavy (non-hydrogen) atoms. The second-order valence-electron chi connectivity index (χ2n) is 6.69. The van der Waals surface area contributed by atoms with Crippen LogP contribution in [0.25, 0.3) is 0 Å². The van der Waals surface area contributed by atoms with E-state index in [1.807, 2.05) is 6.92 Å². The third-order valence-electron chi connectivity index (χ3n) is 4.93. The summed E-state index contributed by atoms with van der Waals surface area (Å²) in [5, 5.41) is 0. The van der Waals surface area contributed by atoms with Gasteiger partial charge in [-0.2, -0.15) is 0 Å². The molecule has 4 rings (SSSR count). The van der Waals surface area contributed by atoms with Crippen LogP contribution in [0.4, 0.5) is 10.1 Å². The molecule has 2 heterocycles. The lowest BCUT2D eigenvalue weighted by Gasteiger charge is -2.39. The number of nitrogens with zero attached hydrogens (tertiary/aromatic N) is 2. The van der Waals surface area contributed by atoms with Crippen LogP contribution < -0.4 is 14.4 Å². The van der Waals surface area contributed by atoms with E-state index in [-0.39, 0.29) is 30.8 Å². The van der Waals surface area contributed by atoms with Crippen molar-refractivity contribution in [2.24, 2.45) is 0 Å². The number of aryl methyl sites for hydroxylation is 1. The van der Waals surface area contributed by atoms with E-state index in [1.165, 1.54) is 15.9 Å². The second-order valence-corrected chi connectivity index (χ2v) is 6.69. The van der Waals surface area contributed by atoms with Gasteiger partial charge in [-0.1, -0.05) is 6.07 Å². The van der Waals surface area contributed by atoms with Gasteiger partial charge in [0.25, 0.3) is 5.91 Å². The maximum Gasteiger partial charge on any atom is 0.254 e. The highest BCUT2D eigenvalue weighted by molar-refractivity contribution is 6.03. The van der Waals surface area contributed by atoms with E-state index in [4.69, 9.17) is 9.47 Å². The summed E-state index contributed by atoms with van der Waals surface area (Å²) < 4.78 is 24.8. The van der Waals surface area contributed by atoms with Gasteiger partial charge in [0.05, 0.1) is 5.69 Å². The zero-order chi connectivity index (χ0) is 19.1. The lowest BCUT2D eigenvalue weighted by atomic mass is 10.1. The molecule has 7 heteroatoms. The highest BCUT2D eigenvalue weighted by atomic mass is 19.1. The number of hydrogen-bond donors (Lipinski definition) is 0. The first kappa shape index (κ1) is 17.3. The summed E-state index contributed by atoms with van der Waals surface area (Å²) in [6, 6.07) is 8.92. The van der Waals surface area contributed by atoms with Crippen molar-refractivity contribution in [1.82, 2.24) is 4.90 Å². The minimum absolute atomic E-state index is 0.128. The molecule has 0 N–H and O–H groups in total. The van der Waals surface area contributed by atoms with Crippen molar-refractivity contribution in [1.29, 1.82) is 0 Å². The predicted molar refractivity (Wildman–Crippen MR) is 96.6 cm³/mol. The maximum absolute atomic E-state index is 14.2. The van der Waals surface area contributed by atoms with Gasteiger partial charge in [-0.25, -0.2) is 4.39 Å². The number of carbonyl (C=O) groups excluding carboxylic acids is 2. The summed E-state index contributed by atoms with van der Waals surface area (Å²) in [5.74, 6) is 0.0887.